The van der Waals surface area contributed by atoms with Crippen LogP contribution in [0.5, 0.6) is 11.5 Å². The maximum absolute atomic E-state index is 11.6. The number of hydrogen-bond acceptors (Lipinski definition) is 5. The van der Waals surface area contributed by atoms with E-state index in [1.54, 1.807) is 38.1 Å². The number of ether oxygens (including phenoxy) is 3. The topological polar surface area (TPSA) is 61.8 Å². The van der Waals surface area contributed by atoms with E-state index < -0.39 is 11.9 Å². The Morgan fingerprint density at radius 1 is 0.857 bits per heavy atom. The van der Waals surface area contributed by atoms with Crippen molar-refractivity contribution in [2.24, 2.45) is 0 Å². The number of hydrogen-bond donors (Lipinski definition) is 0. The summed E-state index contributed by atoms with van der Waals surface area (Å²) >= 11 is 0. The number of aryl methyl sites for hydroxylation is 1. The minimum atomic E-state index is -0.511. The molecule has 0 aliphatic heterocycles. The monoisotopic (exact) mass is 378 g/mol. The number of rotatable bonds is 7. The van der Waals surface area contributed by atoms with Gasteiger partial charge >= 0.3 is 11.9 Å². The van der Waals surface area contributed by atoms with E-state index in [1.807, 2.05) is 25.1 Å². The van der Waals surface area contributed by atoms with Gasteiger partial charge in [0.05, 0.1) is 0 Å². The Balaban J connectivity index is 2.03. The van der Waals surface area contributed by atoms with Crippen molar-refractivity contribution in [3.05, 3.63) is 84.9 Å². The zero-order valence-electron chi connectivity index (χ0n) is 16.2. The van der Waals surface area contributed by atoms with Crippen molar-refractivity contribution in [3.63, 3.8) is 0 Å². The first kappa shape index (κ1) is 20.7. The molecule has 0 saturated carbocycles. The van der Waals surface area contributed by atoms with Gasteiger partial charge in [-0.3, -0.25) is 0 Å². The van der Waals surface area contributed by atoms with Crippen molar-refractivity contribution in [1.29, 1.82) is 0 Å². The molecule has 2 rings (SSSR count). The molecule has 5 heteroatoms. The van der Waals surface area contributed by atoms with E-state index >= 15 is 0 Å². The van der Waals surface area contributed by atoms with Crippen molar-refractivity contribution < 1.29 is 23.8 Å². The molecule has 144 valence electrons. The highest BCUT2D eigenvalue weighted by Gasteiger charge is 2.08. The molecule has 0 atom stereocenters. The van der Waals surface area contributed by atoms with E-state index in [-0.39, 0.29) is 0 Å². The lowest BCUT2D eigenvalue weighted by Crippen LogP contribution is -2.08. The van der Waals surface area contributed by atoms with Crippen molar-refractivity contribution in [3.8, 4) is 22.6 Å². The van der Waals surface area contributed by atoms with Crippen molar-refractivity contribution in [2.45, 2.75) is 20.8 Å². The summed E-state index contributed by atoms with van der Waals surface area (Å²) in [6, 6.07) is 12.9. The van der Waals surface area contributed by atoms with Crippen LogP contribution in [0.3, 0.4) is 0 Å². The zero-order chi connectivity index (χ0) is 20.7. The number of esters is 2. The van der Waals surface area contributed by atoms with E-state index in [0.29, 0.717) is 22.6 Å². The maximum atomic E-state index is 11.6. The van der Waals surface area contributed by atoms with Gasteiger partial charge in [-0.2, -0.15) is 0 Å². The van der Waals surface area contributed by atoms with Crippen LogP contribution in [0.15, 0.2) is 79.3 Å². The Labute approximate surface area is 164 Å². The number of carbonyl (C=O) groups is 2. The molecular formula is C23H22O5. The fourth-order valence-corrected chi connectivity index (χ4v) is 2.23. The highest BCUT2D eigenvalue weighted by atomic mass is 16.5. The molecule has 0 spiro atoms. The zero-order valence-corrected chi connectivity index (χ0v) is 16.2. The Bertz CT molecular complexity index is 936. The summed E-state index contributed by atoms with van der Waals surface area (Å²) in [4.78, 5) is 22.9. The molecule has 0 aliphatic carbocycles. The maximum Gasteiger partial charge on any atom is 0.338 e. The van der Waals surface area contributed by atoms with E-state index in [2.05, 4.69) is 13.2 Å². The van der Waals surface area contributed by atoms with E-state index in [4.69, 9.17) is 14.2 Å². The normalized spacial score (nSPS) is 10.4. The van der Waals surface area contributed by atoms with Crippen LogP contribution in [-0.2, 0) is 14.3 Å². The molecule has 0 amide bonds. The lowest BCUT2D eigenvalue weighted by Gasteiger charge is -2.10. The predicted molar refractivity (Wildman–Crippen MR) is 108 cm³/mol. The van der Waals surface area contributed by atoms with E-state index in [1.165, 1.54) is 12.5 Å². The second-order valence-corrected chi connectivity index (χ2v) is 6.25. The standard InChI is InChI=1S/C23H22O5/c1-15(2)22(24)27-13-12-26-19-8-6-18(7-9-19)21-11-10-20(14-17(21)5)28-23(25)16(3)4/h6-14H,1,3H2,2,4-5H3/b13-12-. The number of carbonyl (C=O) groups excluding carboxylic acids is 2. The molecule has 0 unspecified atom stereocenters. The minimum Gasteiger partial charge on any atom is -0.462 e. The van der Waals surface area contributed by atoms with Gasteiger partial charge in [0.1, 0.15) is 24.0 Å². The first-order chi connectivity index (χ1) is 13.3. The molecule has 0 bridgehead atoms. The SMILES string of the molecule is C=C(C)C(=O)O/C=C\Oc1ccc(-c2ccc(OC(=O)C(=C)C)cc2C)cc1. The molecule has 0 fully saturated rings. The highest BCUT2D eigenvalue weighted by Crippen LogP contribution is 2.28. The second-order valence-electron chi connectivity index (χ2n) is 6.25. The number of benzene rings is 2. The summed E-state index contributed by atoms with van der Waals surface area (Å²) in [7, 11) is 0. The molecule has 0 saturated heterocycles. The third kappa shape index (κ3) is 5.71. The third-order valence-electron chi connectivity index (χ3n) is 3.71. The van der Waals surface area contributed by atoms with Crippen LogP contribution in [0.2, 0.25) is 0 Å². The van der Waals surface area contributed by atoms with Crippen LogP contribution in [-0.4, -0.2) is 11.9 Å². The molecule has 0 radical (unpaired) electrons. The fraction of sp³-hybridized carbons (Fsp3) is 0.130. The molecule has 0 aromatic heterocycles. The van der Waals surface area contributed by atoms with Gasteiger partial charge in [0.25, 0.3) is 0 Å². The molecule has 2 aromatic carbocycles. The summed E-state index contributed by atoms with van der Waals surface area (Å²) in [6.07, 6.45) is 2.45. The average Bonchev–Trinajstić information content (AvgIpc) is 2.65. The summed E-state index contributed by atoms with van der Waals surface area (Å²) in [6.45, 7) is 12.2. The smallest absolute Gasteiger partial charge is 0.338 e. The van der Waals surface area contributed by atoms with Crippen molar-refractivity contribution in [2.75, 3.05) is 0 Å². The fourth-order valence-electron chi connectivity index (χ4n) is 2.23. The van der Waals surface area contributed by atoms with Gasteiger partial charge in [0, 0.05) is 11.1 Å². The first-order valence-electron chi connectivity index (χ1n) is 8.55. The lowest BCUT2D eigenvalue weighted by molar-refractivity contribution is -0.133. The third-order valence-corrected chi connectivity index (χ3v) is 3.71. The average molecular weight is 378 g/mol. The van der Waals surface area contributed by atoms with Crippen LogP contribution in [0.25, 0.3) is 11.1 Å². The molecule has 0 aliphatic rings. The summed E-state index contributed by atoms with van der Waals surface area (Å²) in [5.74, 6) is 0.110. The van der Waals surface area contributed by atoms with Crippen LogP contribution in [0, 0.1) is 6.92 Å². The van der Waals surface area contributed by atoms with E-state index in [0.717, 1.165) is 16.7 Å². The van der Waals surface area contributed by atoms with Gasteiger partial charge < -0.3 is 14.2 Å². The van der Waals surface area contributed by atoms with Crippen LogP contribution < -0.4 is 9.47 Å². The molecule has 2 aromatic rings. The van der Waals surface area contributed by atoms with Crippen molar-refractivity contribution in [1.82, 2.24) is 0 Å². The molecule has 0 heterocycles. The van der Waals surface area contributed by atoms with Gasteiger partial charge in [-0.15, -0.1) is 0 Å². The van der Waals surface area contributed by atoms with Crippen LogP contribution in [0.1, 0.15) is 19.4 Å². The van der Waals surface area contributed by atoms with E-state index in [9.17, 15) is 9.59 Å². The van der Waals surface area contributed by atoms with Crippen LogP contribution >= 0.6 is 0 Å². The van der Waals surface area contributed by atoms with Crippen LogP contribution in [0.4, 0.5) is 0 Å². The van der Waals surface area contributed by atoms with Gasteiger partial charge in [-0.05, 0) is 61.7 Å². The van der Waals surface area contributed by atoms with Gasteiger partial charge in [0.2, 0.25) is 0 Å². The Kier molecular flexibility index (Phi) is 6.93. The highest BCUT2D eigenvalue weighted by molar-refractivity contribution is 5.89. The predicted octanol–water partition coefficient (Wildman–Crippen LogP) is 5.11. The Morgan fingerprint density at radius 3 is 2.04 bits per heavy atom. The Hall–Kier alpha value is -3.60. The summed E-state index contributed by atoms with van der Waals surface area (Å²) in [5, 5.41) is 0. The molecule has 0 N–H and O–H groups in total. The van der Waals surface area contributed by atoms with Gasteiger partial charge in [0.15, 0.2) is 0 Å². The van der Waals surface area contributed by atoms with Gasteiger partial charge in [-0.25, -0.2) is 9.59 Å². The second kappa shape index (κ2) is 9.37. The first-order valence-corrected chi connectivity index (χ1v) is 8.55. The molecule has 28 heavy (non-hydrogen) atoms. The van der Waals surface area contributed by atoms with Crippen molar-refractivity contribution >= 4 is 11.9 Å². The lowest BCUT2D eigenvalue weighted by atomic mass is 10.0. The molecular weight excluding hydrogens is 356 g/mol. The largest absolute Gasteiger partial charge is 0.462 e. The summed E-state index contributed by atoms with van der Waals surface area (Å²) in [5.41, 5.74) is 3.62. The van der Waals surface area contributed by atoms with Gasteiger partial charge in [-0.1, -0.05) is 31.4 Å². The quantitative estimate of drug-likeness (QED) is 0.290. The minimum absolute atomic E-state index is 0.310. The summed E-state index contributed by atoms with van der Waals surface area (Å²) < 4.78 is 15.4. The Morgan fingerprint density at radius 2 is 1.46 bits per heavy atom. The molecule has 5 nitrogen and oxygen atoms in total.